The highest BCUT2D eigenvalue weighted by molar-refractivity contribution is 7.89. The van der Waals surface area contributed by atoms with E-state index in [0.29, 0.717) is 12.1 Å². The quantitative estimate of drug-likeness (QED) is 0.892. The Morgan fingerprint density at radius 3 is 2.33 bits per heavy atom. The molecule has 0 heterocycles. The van der Waals surface area contributed by atoms with Crippen LogP contribution in [0.2, 0.25) is 0 Å². The maximum Gasteiger partial charge on any atom is 0.238 e. The maximum absolute atomic E-state index is 11.5. The summed E-state index contributed by atoms with van der Waals surface area (Å²) in [6.45, 7) is 4.53. The first kappa shape index (κ1) is 15.5. The second-order valence-corrected chi connectivity index (χ2v) is 6.48. The second-order valence-electron chi connectivity index (χ2n) is 4.95. The van der Waals surface area contributed by atoms with Crippen molar-refractivity contribution in [3.63, 3.8) is 0 Å². The van der Waals surface area contributed by atoms with Gasteiger partial charge in [0.05, 0.1) is 4.90 Å². The van der Waals surface area contributed by atoms with E-state index in [-0.39, 0.29) is 4.90 Å². The van der Waals surface area contributed by atoms with Gasteiger partial charge in [-0.1, -0.05) is 37.3 Å². The zero-order valence-corrected chi connectivity index (χ0v) is 13.1. The first-order chi connectivity index (χ1) is 9.93. The van der Waals surface area contributed by atoms with Crippen LogP contribution < -0.4 is 10.5 Å². The molecular weight excluding hydrogens is 284 g/mol. The summed E-state index contributed by atoms with van der Waals surface area (Å²) in [5.74, 6) is 0. The predicted molar refractivity (Wildman–Crippen MR) is 85.7 cm³/mol. The minimum atomic E-state index is -3.69. The number of anilines is 1. The van der Waals surface area contributed by atoms with Crippen LogP contribution in [0.5, 0.6) is 0 Å². The van der Waals surface area contributed by atoms with E-state index in [4.69, 9.17) is 5.14 Å². The van der Waals surface area contributed by atoms with Crippen molar-refractivity contribution in [2.24, 2.45) is 5.14 Å². The van der Waals surface area contributed by atoms with E-state index in [1.165, 1.54) is 17.2 Å². The molecule has 21 heavy (non-hydrogen) atoms. The molecule has 5 heteroatoms. The summed E-state index contributed by atoms with van der Waals surface area (Å²) in [5.41, 5.74) is 3.92. The lowest BCUT2D eigenvalue weighted by molar-refractivity contribution is 0.597. The third-order valence-corrected chi connectivity index (χ3v) is 4.61. The number of hydrogen-bond acceptors (Lipinski definition) is 3. The maximum atomic E-state index is 11.5. The molecule has 3 N–H and O–H groups in total. The number of nitrogens with one attached hydrogen (secondary N) is 1. The number of benzene rings is 2. The van der Waals surface area contributed by atoms with Crippen LogP contribution in [0.1, 0.15) is 23.6 Å². The standard InChI is InChI=1S/C16H20N2O2S/c1-3-13-7-4-5-8-14(13)11-18-15-9-6-10-16(12(15)2)21(17,19)20/h4-10,18H,3,11H2,1-2H3,(H2,17,19,20). The molecule has 112 valence electrons. The number of rotatable bonds is 5. The lowest BCUT2D eigenvalue weighted by Gasteiger charge is -2.14. The highest BCUT2D eigenvalue weighted by Crippen LogP contribution is 2.23. The van der Waals surface area contributed by atoms with Crippen LogP contribution in [0.4, 0.5) is 5.69 Å². The number of aryl methyl sites for hydroxylation is 1. The van der Waals surface area contributed by atoms with Crippen LogP contribution in [0.15, 0.2) is 47.4 Å². The molecule has 0 bridgehead atoms. The molecule has 0 aliphatic heterocycles. The lowest BCUT2D eigenvalue weighted by atomic mass is 10.1. The smallest absolute Gasteiger partial charge is 0.238 e. The molecule has 0 unspecified atom stereocenters. The monoisotopic (exact) mass is 304 g/mol. The van der Waals surface area contributed by atoms with E-state index in [9.17, 15) is 8.42 Å². The second kappa shape index (κ2) is 6.28. The summed E-state index contributed by atoms with van der Waals surface area (Å²) in [7, 11) is -3.69. The van der Waals surface area contributed by atoms with Crippen molar-refractivity contribution in [2.45, 2.75) is 31.7 Å². The zero-order chi connectivity index (χ0) is 15.5. The van der Waals surface area contributed by atoms with E-state index in [2.05, 4.69) is 24.4 Å². The normalized spacial score (nSPS) is 11.4. The fourth-order valence-corrected chi connectivity index (χ4v) is 3.18. The van der Waals surface area contributed by atoms with Crippen molar-refractivity contribution in [3.05, 3.63) is 59.2 Å². The fraction of sp³-hybridized carbons (Fsp3) is 0.250. The Morgan fingerprint density at radius 2 is 1.71 bits per heavy atom. The van der Waals surface area contributed by atoms with Crippen molar-refractivity contribution in [3.8, 4) is 0 Å². The topological polar surface area (TPSA) is 72.2 Å². The van der Waals surface area contributed by atoms with E-state index in [1.807, 2.05) is 18.2 Å². The molecular formula is C16H20N2O2S. The summed E-state index contributed by atoms with van der Waals surface area (Å²) in [6.07, 6.45) is 0.966. The Hall–Kier alpha value is -1.85. The van der Waals surface area contributed by atoms with Gasteiger partial charge in [0, 0.05) is 12.2 Å². The van der Waals surface area contributed by atoms with Gasteiger partial charge in [0.15, 0.2) is 0 Å². The molecule has 2 rings (SSSR count). The van der Waals surface area contributed by atoms with Crippen molar-refractivity contribution >= 4 is 15.7 Å². The fourth-order valence-electron chi connectivity index (χ4n) is 2.38. The number of hydrogen-bond donors (Lipinski definition) is 2. The summed E-state index contributed by atoms with van der Waals surface area (Å²) in [4.78, 5) is 0.163. The molecule has 0 aliphatic carbocycles. The molecule has 0 saturated heterocycles. The first-order valence-electron chi connectivity index (χ1n) is 6.86. The first-order valence-corrected chi connectivity index (χ1v) is 8.41. The van der Waals surface area contributed by atoms with E-state index in [0.717, 1.165) is 12.1 Å². The van der Waals surface area contributed by atoms with Crippen LogP contribution in [-0.4, -0.2) is 8.42 Å². The van der Waals surface area contributed by atoms with Crippen molar-refractivity contribution in [1.29, 1.82) is 0 Å². The van der Waals surface area contributed by atoms with Gasteiger partial charge in [0.1, 0.15) is 0 Å². The van der Waals surface area contributed by atoms with Gasteiger partial charge in [-0.3, -0.25) is 0 Å². The Balaban J connectivity index is 2.25. The number of sulfonamides is 1. The van der Waals surface area contributed by atoms with Gasteiger partial charge in [-0.15, -0.1) is 0 Å². The van der Waals surface area contributed by atoms with Gasteiger partial charge in [-0.05, 0) is 42.2 Å². The highest BCUT2D eigenvalue weighted by atomic mass is 32.2. The third-order valence-electron chi connectivity index (χ3n) is 3.56. The van der Waals surface area contributed by atoms with Gasteiger partial charge < -0.3 is 5.32 Å². The van der Waals surface area contributed by atoms with Crippen LogP contribution >= 0.6 is 0 Å². The largest absolute Gasteiger partial charge is 0.381 e. The summed E-state index contributed by atoms with van der Waals surface area (Å²) >= 11 is 0. The molecule has 4 nitrogen and oxygen atoms in total. The summed E-state index contributed by atoms with van der Waals surface area (Å²) in [5, 5.41) is 8.52. The van der Waals surface area contributed by atoms with Crippen LogP contribution in [0.25, 0.3) is 0 Å². The van der Waals surface area contributed by atoms with E-state index in [1.54, 1.807) is 13.0 Å². The molecule has 2 aromatic carbocycles. The Kier molecular flexibility index (Phi) is 4.65. The molecule has 0 radical (unpaired) electrons. The minimum absolute atomic E-state index is 0.163. The predicted octanol–water partition coefficient (Wildman–Crippen LogP) is 2.82. The Morgan fingerprint density at radius 1 is 1.05 bits per heavy atom. The molecule has 0 aromatic heterocycles. The molecule has 0 fully saturated rings. The zero-order valence-electron chi connectivity index (χ0n) is 12.3. The number of nitrogens with two attached hydrogens (primary N) is 1. The number of primary sulfonamides is 1. The minimum Gasteiger partial charge on any atom is -0.381 e. The average Bonchev–Trinajstić information content (AvgIpc) is 2.45. The summed E-state index contributed by atoms with van der Waals surface area (Å²) < 4.78 is 23.1. The van der Waals surface area contributed by atoms with Gasteiger partial charge in [0.25, 0.3) is 0 Å². The molecule has 0 aliphatic rings. The van der Waals surface area contributed by atoms with Gasteiger partial charge in [0.2, 0.25) is 10.0 Å². The van der Waals surface area contributed by atoms with E-state index < -0.39 is 10.0 Å². The highest BCUT2D eigenvalue weighted by Gasteiger charge is 2.13. The molecule has 0 saturated carbocycles. The van der Waals surface area contributed by atoms with Crippen LogP contribution in [0, 0.1) is 6.92 Å². The Labute approximate surface area is 126 Å². The van der Waals surface area contributed by atoms with Gasteiger partial charge >= 0.3 is 0 Å². The summed E-state index contributed by atoms with van der Waals surface area (Å²) in [6, 6.07) is 13.3. The van der Waals surface area contributed by atoms with Crippen molar-refractivity contribution in [2.75, 3.05) is 5.32 Å². The van der Waals surface area contributed by atoms with Crippen molar-refractivity contribution < 1.29 is 8.42 Å². The van der Waals surface area contributed by atoms with Crippen molar-refractivity contribution in [1.82, 2.24) is 0 Å². The van der Waals surface area contributed by atoms with Gasteiger partial charge in [-0.2, -0.15) is 0 Å². The molecule has 2 aromatic rings. The van der Waals surface area contributed by atoms with Crippen LogP contribution in [0.3, 0.4) is 0 Å². The molecule has 0 atom stereocenters. The van der Waals surface area contributed by atoms with Gasteiger partial charge in [-0.25, -0.2) is 13.6 Å². The SMILES string of the molecule is CCc1ccccc1CNc1cccc(S(N)(=O)=O)c1C. The Bertz CT molecular complexity index is 740. The van der Waals surface area contributed by atoms with Crippen LogP contribution in [-0.2, 0) is 23.0 Å². The van der Waals surface area contributed by atoms with E-state index >= 15 is 0 Å². The molecule has 0 spiro atoms. The average molecular weight is 304 g/mol. The lowest BCUT2D eigenvalue weighted by Crippen LogP contribution is -2.14. The molecule has 0 amide bonds. The third kappa shape index (κ3) is 3.62.